The maximum Gasteiger partial charge on any atom is 0.335 e. The van der Waals surface area contributed by atoms with E-state index in [2.05, 4.69) is 49.0 Å². The predicted octanol–water partition coefficient (Wildman–Crippen LogP) is 9.71. The second-order valence-electron chi connectivity index (χ2n) is 15.4. The summed E-state index contributed by atoms with van der Waals surface area (Å²) in [5, 5.41) is 13.1. The van der Waals surface area contributed by atoms with Crippen molar-refractivity contribution >= 4 is 56.9 Å². The molecule has 3 atom stereocenters. The van der Waals surface area contributed by atoms with Crippen molar-refractivity contribution in [2.24, 2.45) is 0 Å². The van der Waals surface area contributed by atoms with Gasteiger partial charge in [0.2, 0.25) is 5.88 Å². The zero-order valence-corrected chi connectivity index (χ0v) is 33.7. The van der Waals surface area contributed by atoms with Crippen molar-refractivity contribution in [3.05, 3.63) is 194 Å². The van der Waals surface area contributed by atoms with Gasteiger partial charge < -0.3 is 19.8 Å². The summed E-state index contributed by atoms with van der Waals surface area (Å²) in [5.74, 6) is -1.31. The Kier molecular flexibility index (Phi) is 9.93. The van der Waals surface area contributed by atoms with Crippen LogP contribution in [0.5, 0.6) is 5.88 Å². The molecule has 0 aliphatic carbocycles. The van der Waals surface area contributed by atoms with E-state index in [-0.39, 0.29) is 24.0 Å². The Bertz CT molecular complexity index is 2910. The number of ether oxygens (including phenoxy) is 1. The lowest BCUT2D eigenvalue weighted by molar-refractivity contribution is -0.142. The highest BCUT2D eigenvalue weighted by molar-refractivity contribution is 6.42. The van der Waals surface area contributed by atoms with Crippen LogP contribution in [0.4, 0.5) is 0 Å². The normalized spacial score (nSPS) is 18.0. The van der Waals surface area contributed by atoms with Crippen LogP contribution in [0.2, 0.25) is 10.0 Å². The van der Waals surface area contributed by atoms with E-state index in [1.807, 2.05) is 66.9 Å². The Morgan fingerprint density at radius 3 is 2.23 bits per heavy atom. The van der Waals surface area contributed by atoms with Crippen molar-refractivity contribution in [1.29, 1.82) is 0 Å². The number of H-pyrrole nitrogens is 2. The first-order valence-electron chi connectivity index (χ1n) is 19.8. The molecule has 6 heterocycles. The number of aromatic nitrogens is 4. The number of benzene rings is 4. The fraction of sp³-hybridized carbons (Fsp3) is 0.167. The number of rotatable bonds is 9. The first-order chi connectivity index (χ1) is 29.3. The third-order valence-corrected chi connectivity index (χ3v) is 12.7. The standard InChI is InChI=1S/C48H38Cl2N6O4/c49-37-14-6-10-32(42(37)50)27-55-21-19-35-33-12-1-3-15-38(33)53-43(35)45(55)31-17-18-41(52-25-31)60-48(59)40-23-36-34-13-2-4-16-39(34)54-44(36)46(30-11-7-20-51-24-30)56(40)26-28-8-5-9-29(22-28)47(57)58/h1-18,20,22,24-25,40,45-46,53-54H,19,21,23,26-27H2,(H,57,58)/t40-,45?,46+/m0/s1. The number of hydrogen-bond acceptors (Lipinski definition) is 7. The van der Waals surface area contributed by atoms with Crippen LogP contribution in [0.3, 0.4) is 0 Å². The van der Waals surface area contributed by atoms with Gasteiger partial charge in [0.15, 0.2) is 0 Å². The maximum atomic E-state index is 14.7. The van der Waals surface area contributed by atoms with Crippen LogP contribution >= 0.6 is 23.2 Å². The molecule has 12 heteroatoms. The third kappa shape index (κ3) is 6.91. The molecule has 0 spiro atoms. The summed E-state index contributed by atoms with van der Waals surface area (Å²) in [6.07, 6.45) is 6.53. The summed E-state index contributed by atoms with van der Waals surface area (Å²) in [5.41, 5.74) is 10.0. The Balaban J connectivity index is 1.00. The van der Waals surface area contributed by atoms with Crippen LogP contribution in [0.1, 0.15) is 67.2 Å². The van der Waals surface area contributed by atoms with Gasteiger partial charge in [0.05, 0.1) is 27.7 Å². The third-order valence-electron chi connectivity index (χ3n) is 11.9. The monoisotopic (exact) mass is 832 g/mol. The summed E-state index contributed by atoms with van der Waals surface area (Å²) >= 11 is 13.2. The second kappa shape index (κ2) is 15.7. The number of carbonyl (C=O) groups is 2. The van der Waals surface area contributed by atoms with Crippen molar-refractivity contribution in [3.63, 3.8) is 0 Å². The fourth-order valence-corrected chi connectivity index (χ4v) is 9.55. The fourth-order valence-electron chi connectivity index (χ4n) is 9.17. The number of para-hydroxylation sites is 2. The summed E-state index contributed by atoms with van der Waals surface area (Å²) in [6.45, 7) is 1.61. The quantitative estimate of drug-likeness (QED) is 0.123. The largest absolute Gasteiger partial charge is 0.478 e. The summed E-state index contributed by atoms with van der Waals surface area (Å²) in [6, 6.07) is 35.2. The number of hydrogen-bond donors (Lipinski definition) is 3. The molecule has 0 radical (unpaired) electrons. The van der Waals surface area contributed by atoms with Gasteiger partial charge in [-0.05, 0) is 76.2 Å². The highest BCUT2D eigenvalue weighted by Crippen LogP contribution is 2.43. The molecule has 4 aromatic heterocycles. The van der Waals surface area contributed by atoms with Gasteiger partial charge in [0.25, 0.3) is 0 Å². The van der Waals surface area contributed by atoms with E-state index >= 15 is 0 Å². The molecular formula is C48H38Cl2N6O4. The van der Waals surface area contributed by atoms with E-state index in [0.29, 0.717) is 23.0 Å². The number of aromatic carboxylic acids is 1. The first kappa shape index (κ1) is 37.9. The average Bonchev–Trinajstić information content (AvgIpc) is 3.84. The molecule has 10 rings (SSSR count). The molecule has 1 unspecified atom stereocenters. The Hall–Kier alpha value is -6.30. The summed E-state index contributed by atoms with van der Waals surface area (Å²) in [4.78, 5) is 47.7. The number of aromatic amines is 2. The Morgan fingerprint density at radius 1 is 0.767 bits per heavy atom. The number of carbonyl (C=O) groups excluding carboxylic acids is 1. The molecule has 2 aliphatic rings. The molecule has 4 aromatic carbocycles. The molecule has 8 aromatic rings. The molecule has 0 saturated carbocycles. The minimum Gasteiger partial charge on any atom is -0.478 e. The van der Waals surface area contributed by atoms with Crippen LogP contribution in [0.25, 0.3) is 21.8 Å². The van der Waals surface area contributed by atoms with Crippen LogP contribution < -0.4 is 4.74 Å². The number of esters is 1. The zero-order valence-electron chi connectivity index (χ0n) is 32.2. The van der Waals surface area contributed by atoms with E-state index < -0.39 is 24.0 Å². The lowest BCUT2D eigenvalue weighted by atomic mass is 9.88. The van der Waals surface area contributed by atoms with E-state index in [4.69, 9.17) is 32.9 Å². The van der Waals surface area contributed by atoms with Gasteiger partial charge in [-0.15, -0.1) is 0 Å². The van der Waals surface area contributed by atoms with Crippen molar-refractivity contribution in [2.45, 2.75) is 44.1 Å². The molecular weight excluding hydrogens is 795 g/mol. The van der Waals surface area contributed by atoms with Crippen LogP contribution in [0, 0.1) is 0 Å². The van der Waals surface area contributed by atoms with Crippen LogP contribution in [-0.4, -0.2) is 59.4 Å². The van der Waals surface area contributed by atoms with Gasteiger partial charge >= 0.3 is 11.9 Å². The minimum absolute atomic E-state index is 0.170. The van der Waals surface area contributed by atoms with Gasteiger partial charge in [0.1, 0.15) is 6.04 Å². The van der Waals surface area contributed by atoms with Gasteiger partial charge in [-0.2, -0.15) is 0 Å². The Labute approximate surface area is 355 Å². The highest BCUT2D eigenvalue weighted by atomic mass is 35.5. The SMILES string of the molecule is O=C(O)c1cccc(CN2[C@H](c3cccnc3)c3[nH]c4ccccc4c3C[C@H]2C(=O)Oc2ccc(C3c4[nH]c5ccccc5c4CCN3Cc3cccc(Cl)c3Cl)cn2)c1. The average molecular weight is 834 g/mol. The van der Waals surface area contributed by atoms with Crippen molar-refractivity contribution in [1.82, 2.24) is 29.7 Å². The number of pyridine rings is 2. The van der Waals surface area contributed by atoms with E-state index in [1.54, 1.807) is 42.7 Å². The molecule has 3 N–H and O–H groups in total. The van der Waals surface area contributed by atoms with E-state index in [1.165, 1.54) is 10.9 Å². The topological polar surface area (TPSA) is 127 Å². The Morgan fingerprint density at radius 2 is 1.50 bits per heavy atom. The van der Waals surface area contributed by atoms with Gasteiger partial charge in [-0.25, -0.2) is 14.6 Å². The van der Waals surface area contributed by atoms with E-state index in [0.717, 1.165) is 68.6 Å². The maximum absolute atomic E-state index is 14.7. The molecule has 0 bridgehead atoms. The smallest absolute Gasteiger partial charge is 0.335 e. The molecule has 10 nitrogen and oxygen atoms in total. The van der Waals surface area contributed by atoms with Gasteiger partial charge in [-0.1, -0.05) is 96.0 Å². The summed E-state index contributed by atoms with van der Waals surface area (Å²) < 4.78 is 6.22. The lowest BCUT2D eigenvalue weighted by Crippen LogP contribution is -2.49. The number of halogens is 2. The molecule has 0 amide bonds. The summed E-state index contributed by atoms with van der Waals surface area (Å²) in [7, 11) is 0. The number of carboxylic acid groups (broad SMARTS) is 1. The van der Waals surface area contributed by atoms with Gasteiger partial charge in [-0.3, -0.25) is 14.8 Å². The lowest BCUT2D eigenvalue weighted by Gasteiger charge is -2.41. The molecule has 0 fully saturated rings. The number of nitrogens with zero attached hydrogens (tertiary/aromatic N) is 4. The van der Waals surface area contributed by atoms with Crippen molar-refractivity contribution < 1.29 is 19.4 Å². The molecule has 298 valence electrons. The number of fused-ring (bicyclic) bond motifs is 6. The van der Waals surface area contributed by atoms with Gasteiger partial charge in [0, 0.05) is 83.9 Å². The predicted molar refractivity (Wildman–Crippen MR) is 231 cm³/mol. The zero-order chi connectivity index (χ0) is 40.9. The first-order valence-corrected chi connectivity index (χ1v) is 20.6. The van der Waals surface area contributed by atoms with Crippen molar-refractivity contribution in [2.75, 3.05) is 6.54 Å². The minimum atomic E-state index is -1.02. The second-order valence-corrected chi connectivity index (χ2v) is 16.2. The van der Waals surface area contributed by atoms with Crippen molar-refractivity contribution in [3.8, 4) is 5.88 Å². The van der Waals surface area contributed by atoms with E-state index in [9.17, 15) is 14.7 Å². The van der Waals surface area contributed by atoms with Crippen LogP contribution in [0.15, 0.2) is 134 Å². The molecule has 0 saturated heterocycles. The number of nitrogens with one attached hydrogen (secondary N) is 2. The molecule has 2 aliphatic heterocycles. The van der Waals surface area contributed by atoms with Crippen LogP contribution in [-0.2, 0) is 30.7 Å². The molecule has 60 heavy (non-hydrogen) atoms. The number of carboxylic acids is 1. The highest BCUT2D eigenvalue weighted by Gasteiger charge is 2.42.